The van der Waals surface area contributed by atoms with Gasteiger partial charge in [0.05, 0.1) is 11.1 Å². The molecule has 0 aliphatic rings. The topological polar surface area (TPSA) is 30.5 Å². The van der Waals surface area contributed by atoms with Gasteiger partial charge in [0, 0.05) is 28.2 Å². The molecule has 0 fully saturated rings. The molecule has 0 amide bonds. The normalized spacial score (nSPS) is 11.0. The zero-order valence-corrected chi connectivity index (χ0v) is 17.6. The Morgan fingerprint density at radius 3 is 2.52 bits per heavy atom. The summed E-state index contributed by atoms with van der Waals surface area (Å²) < 4.78 is 12.6. The van der Waals surface area contributed by atoms with Crippen LogP contribution < -0.4 is 14.8 Å². The second-order valence-corrected chi connectivity index (χ2v) is 7.60. The lowest BCUT2D eigenvalue weighted by Crippen LogP contribution is -2.21. The van der Waals surface area contributed by atoms with E-state index in [4.69, 9.17) is 32.7 Å². The highest BCUT2D eigenvalue weighted by Gasteiger charge is 2.14. The Morgan fingerprint density at radius 2 is 1.88 bits per heavy atom. The summed E-state index contributed by atoms with van der Waals surface area (Å²) in [5.74, 6) is 1.38. The number of hydrogen-bond acceptors (Lipinski definition) is 3. The lowest BCUT2D eigenvalue weighted by molar-refractivity contribution is 0.267. The molecule has 0 bridgehead atoms. The van der Waals surface area contributed by atoms with Crippen LogP contribution in [0.3, 0.4) is 0 Å². The van der Waals surface area contributed by atoms with Gasteiger partial charge < -0.3 is 14.8 Å². The Labute approximate surface area is 167 Å². The largest absolute Gasteiger partial charge is 0.490 e. The molecule has 0 spiro atoms. The molecule has 0 heterocycles. The molecule has 0 aliphatic carbocycles. The van der Waals surface area contributed by atoms with E-state index in [0.29, 0.717) is 40.8 Å². The molecular weight excluding hydrogens is 425 g/mol. The first-order valence-corrected chi connectivity index (χ1v) is 9.71. The summed E-state index contributed by atoms with van der Waals surface area (Å²) in [5, 5.41) is 4.59. The molecule has 2 aromatic carbocycles. The molecule has 0 aromatic heterocycles. The molecule has 0 unspecified atom stereocenters. The average Bonchev–Trinajstić information content (AvgIpc) is 2.54. The van der Waals surface area contributed by atoms with E-state index < -0.39 is 0 Å². The number of nitrogens with one attached hydrogen (secondary N) is 1. The van der Waals surface area contributed by atoms with Gasteiger partial charge in [-0.15, -0.1) is 0 Å². The van der Waals surface area contributed by atoms with Gasteiger partial charge in [0.2, 0.25) is 0 Å². The molecule has 25 heavy (non-hydrogen) atoms. The van der Waals surface area contributed by atoms with Crippen molar-refractivity contribution in [2.75, 3.05) is 6.61 Å². The molecule has 2 aromatic rings. The smallest absolute Gasteiger partial charge is 0.175 e. The van der Waals surface area contributed by atoms with Crippen LogP contribution in [0.1, 0.15) is 31.9 Å². The third-order valence-corrected chi connectivity index (χ3v) is 4.65. The van der Waals surface area contributed by atoms with Crippen molar-refractivity contribution in [2.24, 2.45) is 0 Å². The SMILES string of the molecule is CCOc1cc(CNC(C)C)cc(Br)c1OCc1ccc(Cl)cc1Cl. The number of rotatable bonds is 8. The van der Waals surface area contributed by atoms with Gasteiger partial charge in [-0.05, 0) is 52.7 Å². The highest BCUT2D eigenvalue weighted by Crippen LogP contribution is 2.38. The Balaban J connectivity index is 2.20. The summed E-state index contributed by atoms with van der Waals surface area (Å²) in [7, 11) is 0. The van der Waals surface area contributed by atoms with Crippen LogP contribution in [0.4, 0.5) is 0 Å². The van der Waals surface area contributed by atoms with E-state index in [9.17, 15) is 0 Å². The van der Waals surface area contributed by atoms with Gasteiger partial charge in [0.1, 0.15) is 6.61 Å². The Kier molecular flexibility index (Phi) is 7.88. The second kappa shape index (κ2) is 9.67. The van der Waals surface area contributed by atoms with E-state index in [1.165, 1.54) is 0 Å². The van der Waals surface area contributed by atoms with Crippen molar-refractivity contribution in [3.05, 3.63) is 56.0 Å². The van der Waals surface area contributed by atoms with E-state index in [1.807, 2.05) is 25.1 Å². The van der Waals surface area contributed by atoms with Crippen molar-refractivity contribution in [1.82, 2.24) is 5.32 Å². The lowest BCUT2D eigenvalue weighted by Gasteiger charge is -2.17. The minimum Gasteiger partial charge on any atom is -0.490 e. The van der Waals surface area contributed by atoms with Gasteiger partial charge in [-0.3, -0.25) is 0 Å². The van der Waals surface area contributed by atoms with Crippen molar-refractivity contribution in [3.63, 3.8) is 0 Å². The monoisotopic (exact) mass is 445 g/mol. The number of hydrogen-bond donors (Lipinski definition) is 1. The Morgan fingerprint density at radius 1 is 1.12 bits per heavy atom. The van der Waals surface area contributed by atoms with Crippen LogP contribution in [-0.2, 0) is 13.2 Å². The summed E-state index contributed by atoms with van der Waals surface area (Å²) >= 11 is 15.7. The van der Waals surface area contributed by atoms with Crippen LogP contribution >= 0.6 is 39.1 Å². The Hall–Kier alpha value is -0.940. The average molecular weight is 447 g/mol. The van der Waals surface area contributed by atoms with Gasteiger partial charge >= 0.3 is 0 Å². The maximum Gasteiger partial charge on any atom is 0.175 e. The molecule has 0 saturated carbocycles. The first kappa shape index (κ1) is 20.4. The third-order valence-electron chi connectivity index (χ3n) is 3.47. The first-order valence-electron chi connectivity index (χ1n) is 8.16. The zero-order valence-electron chi connectivity index (χ0n) is 14.5. The van der Waals surface area contributed by atoms with Gasteiger partial charge in [0.15, 0.2) is 11.5 Å². The van der Waals surface area contributed by atoms with Crippen LogP contribution in [0.15, 0.2) is 34.8 Å². The summed E-state index contributed by atoms with van der Waals surface area (Å²) in [6.45, 7) is 7.84. The van der Waals surface area contributed by atoms with Crippen LogP contribution in [0.25, 0.3) is 0 Å². The number of halogens is 3. The molecule has 0 atom stereocenters. The van der Waals surface area contributed by atoms with E-state index in [1.54, 1.807) is 12.1 Å². The lowest BCUT2D eigenvalue weighted by atomic mass is 10.2. The van der Waals surface area contributed by atoms with Gasteiger partial charge in [-0.2, -0.15) is 0 Å². The fraction of sp³-hybridized carbons (Fsp3) is 0.368. The third kappa shape index (κ3) is 6.07. The zero-order chi connectivity index (χ0) is 18.4. The molecule has 0 radical (unpaired) electrons. The van der Waals surface area contributed by atoms with E-state index in [2.05, 4.69) is 35.1 Å². The summed E-state index contributed by atoms with van der Waals surface area (Å²) in [6, 6.07) is 9.82. The summed E-state index contributed by atoms with van der Waals surface area (Å²) in [6.07, 6.45) is 0. The first-order chi connectivity index (χ1) is 11.9. The van der Waals surface area contributed by atoms with E-state index in [-0.39, 0.29) is 0 Å². The maximum absolute atomic E-state index is 6.22. The van der Waals surface area contributed by atoms with Gasteiger partial charge in [-0.1, -0.05) is 43.1 Å². The molecule has 1 N–H and O–H groups in total. The van der Waals surface area contributed by atoms with Gasteiger partial charge in [0.25, 0.3) is 0 Å². The fourth-order valence-electron chi connectivity index (χ4n) is 2.24. The highest BCUT2D eigenvalue weighted by molar-refractivity contribution is 9.10. The molecule has 3 nitrogen and oxygen atoms in total. The summed E-state index contributed by atoms with van der Waals surface area (Å²) in [4.78, 5) is 0. The van der Waals surface area contributed by atoms with Crippen LogP contribution in [-0.4, -0.2) is 12.6 Å². The van der Waals surface area contributed by atoms with E-state index >= 15 is 0 Å². The van der Waals surface area contributed by atoms with Crippen LogP contribution in [0.5, 0.6) is 11.5 Å². The highest BCUT2D eigenvalue weighted by atomic mass is 79.9. The van der Waals surface area contributed by atoms with Crippen LogP contribution in [0.2, 0.25) is 10.0 Å². The van der Waals surface area contributed by atoms with Crippen molar-refractivity contribution in [1.29, 1.82) is 0 Å². The molecular formula is C19H22BrCl2NO2. The molecule has 0 aliphatic heterocycles. The minimum absolute atomic E-state index is 0.332. The second-order valence-electron chi connectivity index (χ2n) is 5.90. The van der Waals surface area contributed by atoms with Crippen molar-refractivity contribution in [3.8, 4) is 11.5 Å². The van der Waals surface area contributed by atoms with E-state index in [0.717, 1.165) is 22.1 Å². The molecule has 6 heteroatoms. The summed E-state index contributed by atoms with van der Waals surface area (Å²) in [5.41, 5.74) is 1.99. The maximum atomic E-state index is 6.22. The van der Waals surface area contributed by atoms with Crippen molar-refractivity contribution >= 4 is 39.1 Å². The van der Waals surface area contributed by atoms with Crippen LogP contribution in [0, 0.1) is 0 Å². The quantitative estimate of drug-likeness (QED) is 0.521. The van der Waals surface area contributed by atoms with Crippen molar-refractivity contribution < 1.29 is 9.47 Å². The number of benzene rings is 2. The molecule has 2 rings (SSSR count). The standard InChI is InChI=1S/C19H22BrCl2NO2/c1-4-24-18-8-13(10-23-12(2)3)7-16(20)19(18)25-11-14-5-6-15(21)9-17(14)22/h5-9,12,23H,4,10-11H2,1-3H3. The number of ether oxygens (including phenoxy) is 2. The Bertz CT molecular complexity index is 723. The molecule has 0 saturated heterocycles. The predicted octanol–water partition coefficient (Wildman–Crippen LogP) is 6.23. The fourth-order valence-corrected chi connectivity index (χ4v) is 3.30. The minimum atomic E-state index is 0.332. The van der Waals surface area contributed by atoms with Crippen molar-refractivity contribution in [2.45, 2.75) is 40.0 Å². The molecule has 136 valence electrons. The predicted molar refractivity (Wildman–Crippen MR) is 108 cm³/mol. The van der Waals surface area contributed by atoms with Gasteiger partial charge in [-0.25, -0.2) is 0 Å².